The molecule has 4 heteroatoms. The first kappa shape index (κ1) is 15.2. The largest absolute Gasteiger partial charge is 0.433 e. The summed E-state index contributed by atoms with van der Waals surface area (Å²) < 4.78 is 14.5. The van der Waals surface area contributed by atoms with Crippen LogP contribution >= 0.6 is 0 Å². The summed E-state index contributed by atoms with van der Waals surface area (Å²) >= 11 is 0. The molecule has 0 saturated carbocycles. The summed E-state index contributed by atoms with van der Waals surface area (Å²) in [6.45, 7) is 13.7. The van der Waals surface area contributed by atoms with Crippen molar-refractivity contribution >= 4 is 8.72 Å². The Hall–Kier alpha value is 0.0969. The lowest BCUT2D eigenvalue weighted by Gasteiger charge is -2.52. The van der Waals surface area contributed by atoms with Crippen molar-refractivity contribution in [1.29, 1.82) is 0 Å². The van der Waals surface area contributed by atoms with Crippen molar-refractivity contribution in [2.75, 3.05) is 27.3 Å². The Kier molecular flexibility index (Phi) is 4.45. The van der Waals surface area contributed by atoms with Crippen molar-refractivity contribution in [3.63, 3.8) is 0 Å². The molecule has 0 unspecified atom stereocenters. The van der Waals surface area contributed by atoms with Gasteiger partial charge in [0.1, 0.15) is 0 Å². The van der Waals surface area contributed by atoms with E-state index >= 15 is 0 Å². The first-order valence-electron chi connectivity index (χ1n) is 6.58. The van der Waals surface area contributed by atoms with Gasteiger partial charge in [-0.3, -0.25) is 4.57 Å². The maximum Gasteiger partial charge on any atom is 0.433 e. The van der Waals surface area contributed by atoms with Crippen LogP contribution in [0.4, 0.5) is 0 Å². The predicted molar refractivity (Wildman–Crippen MR) is 74.1 cm³/mol. The average Bonchev–Trinajstić information content (AvgIpc) is 2.72. The topological polar surface area (TPSA) is 21.7 Å². The molecule has 0 bridgehead atoms. The van der Waals surface area contributed by atoms with Crippen LogP contribution in [0, 0.1) is 5.41 Å². The molecule has 102 valence electrons. The van der Waals surface area contributed by atoms with E-state index in [1.165, 1.54) is 12.8 Å². The van der Waals surface area contributed by atoms with Gasteiger partial charge >= 0.3 is 8.72 Å². The molecule has 0 amide bonds. The fraction of sp³-hybridized carbons (Fsp3) is 1.00. The van der Waals surface area contributed by atoms with Gasteiger partial charge in [-0.2, -0.15) is 0 Å². The van der Waals surface area contributed by atoms with Crippen molar-refractivity contribution < 1.29 is 8.85 Å². The minimum absolute atomic E-state index is 0.0356. The van der Waals surface area contributed by atoms with E-state index in [1.807, 2.05) is 14.2 Å². The molecule has 0 spiro atoms. The molecule has 1 aliphatic rings. The second kappa shape index (κ2) is 5.00. The molecule has 0 radical (unpaired) electrons. The Morgan fingerprint density at radius 2 is 1.29 bits per heavy atom. The van der Waals surface area contributed by atoms with Crippen LogP contribution in [0.5, 0.6) is 0 Å². The molecule has 17 heavy (non-hydrogen) atoms. The second-order valence-corrected chi connectivity index (χ2v) is 10.4. The zero-order chi connectivity index (χ0) is 13.3. The summed E-state index contributed by atoms with van der Waals surface area (Å²) in [6.07, 6.45) is 2.53. The van der Waals surface area contributed by atoms with Crippen LogP contribution in [0.25, 0.3) is 0 Å². The third-order valence-electron chi connectivity index (χ3n) is 4.74. The van der Waals surface area contributed by atoms with E-state index in [-0.39, 0.29) is 10.5 Å². The summed E-state index contributed by atoms with van der Waals surface area (Å²) in [4.78, 5) is 0. The highest BCUT2D eigenvalue weighted by Gasteiger charge is 2.61. The summed E-state index contributed by atoms with van der Waals surface area (Å²) in [6, 6.07) is 0. The van der Waals surface area contributed by atoms with Gasteiger partial charge in [0.15, 0.2) is 0 Å². The zero-order valence-corrected chi connectivity index (χ0v) is 13.6. The van der Waals surface area contributed by atoms with Crippen LogP contribution in [0.3, 0.4) is 0 Å². The van der Waals surface area contributed by atoms with Crippen LogP contribution in [0.1, 0.15) is 47.5 Å². The van der Waals surface area contributed by atoms with Gasteiger partial charge in [-0.25, -0.2) is 0 Å². The van der Waals surface area contributed by atoms with Crippen molar-refractivity contribution in [1.82, 2.24) is 4.57 Å². The van der Waals surface area contributed by atoms with Crippen LogP contribution in [0.2, 0.25) is 5.04 Å². The van der Waals surface area contributed by atoms with Crippen LogP contribution in [-0.2, 0) is 8.85 Å². The number of rotatable bonds is 4. The van der Waals surface area contributed by atoms with E-state index in [0.717, 1.165) is 13.1 Å². The molecule has 3 nitrogen and oxygen atoms in total. The second-order valence-electron chi connectivity index (χ2n) is 6.56. The van der Waals surface area contributed by atoms with E-state index in [9.17, 15) is 0 Å². The quantitative estimate of drug-likeness (QED) is 0.724. The number of nitrogens with zero attached hydrogens (tertiary/aromatic N) is 1. The molecule has 0 aromatic rings. The summed E-state index contributed by atoms with van der Waals surface area (Å²) in [5.74, 6) is 0. The molecule has 0 atom stereocenters. The predicted octanol–water partition coefficient (Wildman–Crippen LogP) is 3.14. The standard InChI is InChI=1S/C13H29NO2Si/c1-12(2,3)13(4,5)17(15-6,16-7)14-10-8-9-11-14/h8-11H2,1-7H3. The molecule has 0 aromatic heterocycles. The normalized spacial score (nSPS) is 19.9. The molecular formula is C13H29NO2Si. The van der Waals surface area contributed by atoms with Gasteiger partial charge in [0, 0.05) is 19.3 Å². The maximum absolute atomic E-state index is 6.00. The highest BCUT2D eigenvalue weighted by Crippen LogP contribution is 2.53. The van der Waals surface area contributed by atoms with Crippen molar-refractivity contribution in [3.8, 4) is 0 Å². The highest BCUT2D eigenvalue weighted by molar-refractivity contribution is 6.68. The Morgan fingerprint density at radius 3 is 1.59 bits per heavy atom. The van der Waals surface area contributed by atoms with Gasteiger partial charge in [-0.1, -0.05) is 34.6 Å². The Morgan fingerprint density at radius 1 is 0.882 bits per heavy atom. The van der Waals surface area contributed by atoms with Gasteiger partial charge in [-0.15, -0.1) is 0 Å². The van der Waals surface area contributed by atoms with Crippen LogP contribution in [0.15, 0.2) is 0 Å². The van der Waals surface area contributed by atoms with E-state index in [0.29, 0.717) is 0 Å². The van der Waals surface area contributed by atoms with E-state index in [4.69, 9.17) is 8.85 Å². The third kappa shape index (κ3) is 2.32. The molecule has 1 saturated heterocycles. The minimum atomic E-state index is -2.34. The van der Waals surface area contributed by atoms with E-state index < -0.39 is 8.72 Å². The first-order valence-corrected chi connectivity index (χ1v) is 8.34. The zero-order valence-electron chi connectivity index (χ0n) is 12.6. The Bertz CT molecular complexity index is 251. The van der Waals surface area contributed by atoms with E-state index in [1.54, 1.807) is 0 Å². The molecule has 1 rings (SSSR count). The van der Waals surface area contributed by atoms with Gasteiger partial charge in [0.2, 0.25) is 0 Å². The number of hydrogen-bond acceptors (Lipinski definition) is 3. The van der Waals surface area contributed by atoms with Gasteiger partial charge < -0.3 is 8.85 Å². The van der Waals surface area contributed by atoms with Crippen molar-refractivity contribution in [3.05, 3.63) is 0 Å². The molecule has 0 N–H and O–H groups in total. The lowest BCUT2D eigenvalue weighted by molar-refractivity contribution is 0.105. The summed E-state index contributed by atoms with van der Waals surface area (Å²) in [5, 5.41) is 0.0356. The fourth-order valence-electron chi connectivity index (χ4n) is 2.73. The molecular weight excluding hydrogens is 230 g/mol. The molecule has 1 aliphatic heterocycles. The summed E-state index contributed by atoms with van der Waals surface area (Å²) in [7, 11) is 1.30. The minimum Gasteiger partial charge on any atom is -0.386 e. The first-order chi connectivity index (χ1) is 7.73. The van der Waals surface area contributed by atoms with Gasteiger partial charge in [0.25, 0.3) is 0 Å². The third-order valence-corrected chi connectivity index (χ3v) is 9.46. The van der Waals surface area contributed by atoms with Gasteiger partial charge in [-0.05, 0) is 31.3 Å². The monoisotopic (exact) mass is 259 g/mol. The van der Waals surface area contributed by atoms with Crippen molar-refractivity contribution in [2.24, 2.45) is 5.41 Å². The van der Waals surface area contributed by atoms with Crippen molar-refractivity contribution in [2.45, 2.75) is 52.5 Å². The average molecular weight is 259 g/mol. The fourth-order valence-corrected chi connectivity index (χ4v) is 7.08. The Balaban J connectivity index is 3.14. The smallest absolute Gasteiger partial charge is 0.386 e. The molecule has 1 fully saturated rings. The lowest BCUT2D eigenvalue weighted by atomic mass is 9.82. The molecule has 1 heterocycles. The molecule has 0 aliphatic carbocycles. The maximum atomic E-state index is 6.00. The van der Waals surface area contributed by atoms with E-state index in [2.05, 4.69) is 39.2 Å². The van der Waals surface area contributed by atoms with Crippen LogP contribution in [-0.4, -0.2) is 40.6 Å². The number of hydrogen-bond donors (Lipinski definition) is 0. The molecule has 0 aromatic carbocycles. The SMILES string of the molecule is CO[Si](OC)(N1CCCC1)C(C)(C)C(C)(C)C. The summed E-state index contributed by atoms with van der Waals surface area (Å²) in [5.41, 5.74) is 0.161. The van der Waals surface area contributed by atoms with Crippen LogP contribution < -0.4 is 0 Å². The Labute approximate surface area is 108 Å². The highest BCUT2D eigenvalue weighted by atomic mass is 28.4. The lowest BCUT2D eigenvalue weighted by Crippen LogP contribution is -2.65. The van der Waals surface area contributed by atoms with Gasteiger partial charge in [0.05, 0.1) is 0 Å².